The second kappa shape index (κ2) is 8.78. The number of nitrogens with one attached hydrogen (secondary N) is 2. The van der Waals surface area contributed by atoms with Crippen LogP contribution in [-0.4, -0.2) is 55.3 Å². The van der Waals surface area contributed by atoms with Crippen LogP contribution in [0.15, 0.2) is 36.0 Å². The Balaban J connectivity index is 1.82. The number of amides is 1. The number of carbonyl (C=O) groups is 1. The molecule has 1 fully saturated rings. The number of hydrogen-bond donors (Lipinski definition) is 3. The zero-order chi connectivity index (χ0) is 16.5. The van der Waals surface area contributed by atoms with Gasteiger partial charge in [-0.1, -0.05) is 12.1 Å². The van der Waals surface area contributed by atoms with Gasteiger partial charge in [0.2, 0.25) is 0 Å². The maximum atomic E-state index is 12.0. The summed E-state index contributed by atoms with van der Waals surface area (Å²) >= 11 is 0. The van der Waals surface area contributed by atoms with Gasteiger partial charge in [-0.05, 0) is 12.1 Å². The van der Waals surface area contributed by atoms with Gasteiger partial charge in [0.05, 0.1) is 18.9 Å². The highest BCUT2D eigenvalue weighted by atomic mass is 16.5. The molecule has 0 aromatic heterocycles. The summed E-state index contributed by atoms with van der Waals surface area (Å²) < 4.78 is 5.27. The summed E-state index contributed by atoms with van der Waals surface area (Å²) in [5.41, 5.74) is 0.224. The molecule has 2 rings (SSSR count). The van der Waals surface area contributed by atoms with Crippen molar-refractivity contribution < 1.29 is 14.6 Å². The molecular weight excluding hydrogens is 296 g/mol. The Labute approximate surface area is 135 Å². The summed E-state index contributed by atoms with van der Waals surface area (Å²) in [5, 5.41) is 24.2. The lowest BCUT2D eigenvalue weighted by atomic mass is 10.2. The maximum Gasteiger partial charge on any atom is 0.267 e. The number of ether oxygens (including phenoxy) is 1. The third-order valence-corrected chi connectivity index (χ3v) is 3.44. The molecule has 1 aliphatic rings. The largest absolute Gasteiger partial charge is 0.506 e. The van der Waals surface area contributed by atoms with Crippen LogP contribution >= 0.6 is 0 Å². The number of aromatic hydroxyl groups is 1. The second-order valence-corrected chi connectivity index (χ2v) is 5.05. The Morgan fingerprint density at radius 3 is 2.83 bits per heavy atom. The van der Waals surface area contributed by atoms with Crippen LogP contribution in [0.5, 0.6) is 5.75 Å². The van der Waals surface area contributed by atoms with Crippen molar-refractivity contribution >= 4 is 11.6 Å². The predicted octanol–water partition coefficient (Wildman–Crippen LogP) is 0.660. The Morgan fingerprint density at radius 2 is 2.13 bits per heavy atom. The standard InChI is InChI=1S/C16H20N4O3/c17-11-13(12-18-5-6-20-7-9-23-10-8-20)16(22)19-14-3-1-2-4-15(14)21/h1-4,12,18,21H,5-10H2,(H,19,22)/b13-12-. The van der Waals surface area contributed by atoms with Gasteiger partial charge in [0.25, 0.3) is 5.91 Å². The molecule has 122 valence electrons. The third kappa shape index (κ3) is 5.29. The molecular formula is C16H20N4O3. The second-order valence-electron chi connectivity index (χ2n) is 5.05. The number of phenols is 1. The van der Waals surface area contributed by atoms with Crippen molar-refractivity contribution in [3.63, 3.8) is 0 Å². The van der Waals surface area contributed by atoms with Gasteiger partial charge in [0.15, 0.2) is 0 Å². The molecule has 0 bridgehead atoms. The monoisotopic (exact) mass is 316 g/mol. The van der Waals surface area contributed by atoms with Crippen molar-refractivity contribution in [3.8, 4) is 11.8 Å². The lowest BCUT2D eigenvalue weighted by Crippen LogP contribution is -2.39. The first kappa shape index (κ1) is 16.8. The van der Waals surface area contributed by atoms with Crippen LogP contribution in [0, 0.1) is 11.3 Å². The van der Waals surface area contributed by atoms with Crippen LogP contribution in [0.25, 0.3) is 0 Å². The molecule has 0 aliphatic carbocycles. The average molecular weight is 316 g/mol. The Bertz CT molecular complexity index is 604. The normalized spacial score (nSPS) is 15.7. The van der Waals surface area contributed by atoms with Gasteiger partial charge in [-0.25, -0.2) is 0 Å². The highest BCUT2D eigenvalue weighted by molar-refractivity contribution is 6.07. The van der Waals surface area contributed by atoms with E-state index in [0.29, 0.717) is 6.54 Å². The van der Waals surface area contributed by atoms with Crippen LogP contribution in [0.4, 0.5) is 5.69 Å². The maximum absolute atomic E-state index is 12.0. The lowest BCUT2D eigenvalue weighted by molar-refractivity contribution is -0.112. The zero-order valence-corrected chi connectivity index (χ0v) is 12.8. The van der Waals surface area contributed by atoms with E-state index < -0.39 is 5.91 Å². The van der Waals surface area contributed by atoms with E-state index in [1.807, 2.05) is 6.07 Å². The number of nitrogens with zero attached hydrogens (tertiary/aromatic N) is 2. The quantitative estimate of drug-likeness (QED) is 0.309. The van der Waals surface area contributed by atoms with Gasteiger partial charge in [0, 0.05) is 32.4 Å². The molecule has 0 spiro atoms. The zero-order valence-electron chi connectivity index (χ0n) is 12.8. The molecule has 1 amide bonds. The van der Waals surface area contributed by atoms with Crippen molar-refractivity contribution in [2.24, 2.45) is 0 Å². The molecule has 1 aliphatic heterocycles. The number of rotatable bonds is 6. The summed E-state index contributed by atoms with van der Waals surface area (Å²) in [6, 6.07) is 8.22. The first-order valence-electron chi connectivity index (χ1n) is 7.44. The van der Waals surface area contributed by atoms with Crippen molar-refractivity contribution in [2.45, 2.75) is 0 Å². The SMILES string of the molecule is N#C/C(=C/NCCN1CCOCC1)C(=O)Nc1ccccc1O. The molecule has 1 aromatic rings. The fourth-order valence-electron chi connectivity index (χ4n) is 2.14. The molecule has 7 heteroatoms. The minimum Gasteiger partial charge on any atom is -0.506 e. The minimum atomic E-state index is -0.562. The highest BCUT2D eigenvalue weighted by Gasteiger charge is 2.12. The smallest absolute Gasteiger partial charge is 0.267 e. The van der Waals surface area contributed by atoms with Crippen LogP contribution in [0.3, 0.4) is 0 Å². The van der Waals surface area contributed by atoms with Gasteiger partial charge >= 0.3 is 0 Å². The van der Waals surface area contributed by atoms with Gasteiger partial charge in [-0.3, -0.25) is 9.69 Å². The number of morpholine rings is 1. The van der Waals surface area contributed by atoms with E-state index >= 15 is 0 Å². The molecule has 3 N–H and O–H groups in total. The first-order valence-corrected chi connectivity index (χ1v) is 7.44. The summed E-state index contributed by atoms with van der Waals surface area (Å²) in [5.74, 6) is -0.605. The van der Waals surface area contributed by atoms with E-state index in [4.69, 9.17) is 10.00 Å². The number of benzene rings is 1. The Kier molecular flexibility index (Phi) is 6.41. The van der Waals surface area contributed by atoms with Gasteiger partial charge in [0.1, 0.15) is 17.4 Å². The van der Waals surface area contributed by atoms with E-state index in [2.05, 4.69) is 15.5 Å². The van der Waals surface area contributed by atoms with Crippen molar-refractivity contribution in [1.29, 1.82) is 5.26 Å². The summed E-state index contributed by atoms with van der Waals surface area (Å²) in [6.45, 7) is 4.72. The molecule has 0 saturated carbocycles. The molecule has 0 unspecified atom stereocenters. The molecule has 7 nitrogen and oxygen atoms in total. The van der Waals surface area contributed by atoms with Crippen LogP contribution < -0.4 is 10.6 Å². The Morgan fingerprint density at radius 1 is 1.39 bits per heavy atom. The highest BCUT2D eigenvalue weighted by Crippen LogP contribution is 2.21. The van der Waals surface area contributed by atoms with E-state index in [1.54, 1.807) is 18.2 Å². The van der Waals surface area contributed by atoms with Crippen LogP contribution in [0.2, 0.25) is 0 Å². The molecule has 0 radical (unpaired) electrons. The number of carbonyl (C=O) groups excluding carboxylic acids is 1. The van der Waals surface area contributed by atoms with Gasteiger partial charge in [-0.2, -0.15) is 5.26 Å². The lowest BCUT2D eigenvalue weighted by Gasteiger charge is -2.26. The van der Waals surface area contributed by atoms with Gasteiger partial charge < -0.3 is 20.5 Å². The summed E-state index contributed by atoms with van der Waals surface area (Å²) in [6.07, 6.45) is 1.40. The summed E-state index contributed by atoms with van der Waals surface area (Å²) in [7, 11) is 0. The van der Waals surface area contributed by atoms with Crippen molar-refractivity contribution in [2.75, 3.05) is 44.7 Å². The average Bonchev–Trinajstić information content (AvgIpc) is 2.58. The van der Waals surface area contributed by atoms with Gasteiger partial charge in [-0.15, -0.1) is 0 Å². The van der Waals surface area contributed by atoms with Crippen molar-refractivity contribution in [3.05, 3.63) is 36.0 Å². The fourth-order valence-corrected chi connectivity index (χ4v) is 2.14. The van der Waals surface area contributed by atoms with Crippen LogP contribution in [-0.2, 0) is 9.53 Å². The number of para-hydroxylation sites is 2. The first-order chi connectivity index (χ1) is 11.2. The number of phenolic OH excluding ortho intramolecular Hbond substituents is 1. The van der Waals surface area contributed by atoms with E-state index in [-0.39, 0.29) is 17.0 Å². The number of nitriles is 1. The molecule has 1 saturated heterocycles. The molecule has 1 heterocycles. The van der Waals surface area contributed by atoms with E-state index in [0.717, 1.165) is 32.8 Å². The Hall–Kier alpha value is -2.56. The third-order valence-electron chi connectivity index (χ3n) is 3.44. The van der Waals surface area contributed by atoms with Crippen LogP contribution in [0.1, 0.15) is 0 Å². The topological polar surface area (TPSA) is 97.6 Å². The minimum absolute atomic E-state index is 0.0431. The van der Waals surface area contributed by atoms with E-state index in [1.165, 1.54) is 12.3 Å². The fraction of sp³-hybridized carbons (Fsp3) is 0.375. The number of anilines is 1. The molecule has 23 heavy (non-hydrogen) atoms. The van der Waals surface area contributed by atoms with Crippen molar-refractivity contribution in [1.82, 2.24) is 10.2 Å². The molecule has 1 aromatic carbocycles. The number of hydrogen-bond acceptors (Lipinski definition) is 6. The summed E-state index contributed by atoms with van der Waals surface area (Å²) in [4.78, 5) is 14.3. The van der Waals surface area contributed by atoms with E-state index in [9.17, 15) is 9.90 Å². The molecule has 0 atom stereocenters. The predicted molar refractivity (Wildman–Crippen MR) is 85.7 cm³/mol.